The molecule has 1 aliphatic heterocycles. The van der Waals surface area contributed by atoms with Crippen molar-refractivity contribution in [1.29, 1.82) is 0 Å². The molecule has 0 aliphatic carbocycles. The molecule has 3 rings (SSSR count). The molecule has 1 amide bonds. The molecule has 31 heavy (non-hydrogen) atoms. The van der Waals surface area contributed by atoms with E-state index < -0.39 is 0 Å². The van der Waals surface area contributed by atoms with Crippen molar-refractivity contribution in [2.45, 2.75) is 19.8 Å². The van der Waals surface area contributed by atoms with Crippen LogP contribution < -0.4 is 10.1 Å². The van der Waals surface area contributed by atoms with Crippen molar-refractivity contribution in [2.75, 3.05) is 46.9 Å². The van der Waals surface area contributed by atoms with E-state index in [1.165, 1.54) is 11.1 Å². The Morgan fingerprint density at radius 2 is 2.06 bits per heavy atom. The highest BCUT2D eigenvalue weighted by molar-refractivity contribution is 5.85. The van der Waals surface area contributed by atoms with Crippen LogP contribution in [0.1, 0.15) is 24.7 Å². The van der Waals surface area contributed by atoms with Gasteiger partial charge in [-0.2, -0.15) is 0 Å². The number of rotatable bonds is 8. The van der Waals surface area contributed by atoms with Gasteiger partial charge in [-0.3, -0.25) is 4.79 Å². The van der Waals surface area contributed by atoms with Crippen molar-refractivity contribution in [3.8, 4) is 5.75 Å². The topological polar surface area (TPSA) is 70.3 Å². The molecule has 1 aliphatic rings. The fourth-order valence-corrected chi connectivity index (χ4v) is 3.36. The molecule has 1 aromatic heterocycles. The van der Waals surface area contributed by atoms with Gasteiger partial charge in [0, 0.05) is 40.2 Å². The van der Waals surface area contributed by atoms with E-state index in [0.717, 1.165) is 43.4 Å². The first-order valence-corrected chi connectivity index (χ1v) is 10.7. The van der Waals surface area contributed by atoms with Crippen LogP contribution in [-0.2, 0) is 11.2 Å². The van der Waals surface area contributed by atoms with Crippen LogP contribution in [0.5, 0.6) is 5.75 Å². The van der Waals surface area contributed by atoms with Gasteiger partial charge in [0.05, 0.1) is 12.9 Å². The van der Waals surface area contributed by atoms with Gasteiger partial charge in [0.1, 0.15) is 18.1 Å². The van der Waals surface area contributed by atoms with Gasteiger partial charge in [-0.15, -0.1) is 0 Å². The molecule has 1 N–H and O–H groups in total. The number of benzene rings is 1. The monoisotopic (exact) mass is 424 g/mol. The van der Waals surface area contributed by atoms with E-state index in [-0.39, 0.29) is 12.5 Å². The van der Waals surface area contributed by atoms with Crippen LogP contribution in [0.3, 0.4) is 0 Å². The average molecular weight is 425 g/mol. The van der Waals surface area contributed by atoms with Gasteiger partial charge >= 0.3 is 0 Å². The van der Waals surface area contributed by atoms with Gasteiger partial charge in [-0.05, 0) is 48.7 Å². The number of nitrogens with zero attached hydrogens (tertiary/aromatic N) is 3. The molecule has 0 spiro atoms. The summed E-state index contributed by atoms with van der Waals surface area (Å²) in [7, 11) is 3.49. The SMILES string of the molecule is CCOc1ccc(C2=CCN(C(=NCC(=O)N(C)C)NCCc3ccco3)CC2)cc1. The molecule has 0 saturated carbocycles. The number of likely N-dealkylation sites (N-methyl/N-ethyl adjacent to an activating group) is 1. The van der Waals surface area contributed by atoms with Gasteiger partial charge in [-0.1, -0.05) is 18.2 Å². The molecule has 1 aromatic carbocycles. The maximum absolute atomic E-state index is 12.0. The van der Waals surface area contributed by atoms with Crippen LogP contribution in [0.4, 0.5) is 0 Å². The first-order chi connectivity index (χ1) is 15.1. The number of aliphatic imine (C=N–C) groups is 1. The highest BCUT2D eigenvalue weighted by Crippen LogP contribution is 2.24. The maximum Gasteiger partial charge on any atom is 0.243 e. The van der Waals surface area contributed by atoms with Crippen LogP contribution in [0.15, 0.2) is 58.1 Å². The predicted molar refractivity (Wildman–Crippen MR) is 123 cm³/mol. The number of guanidine groups is 1. The fraction of sp³-hybridized carbons (Fsp3) is 0.417. The zero-order valence-corrected chi connectivity index (χ0v) is 18.6. The Kier molecular flexibility index (Phi) is 8.15. The van der Waals surface area contributed by atoms with Crippen molar-refractivity contribution >= 4 is 17.4 Å². The van der Waals surface area contributed by atoms with Crippen LogP contribution in [0.25, 0.3) is 5.57 Å². The minimum atomic E-state index is -0.0204. The highest BCUT2D eigenvalue weighted by atomic mass is 16.5. The van der Waals surface area contributed by atoms with Gasteiger partial charge in [0.15, 0.2) is 5.96 Å². The Morgan fingerprint density at radius 3 is 2.68 bits per heavy atom. The minimum absolute atomic E-state index is 0.0204. The molecule has 0 atom stereocenters. The average Bonchev–Trinajstić information content (AvgIpc) is 3.30. The van der Waals surface area contributed by atoms with Crippen LogP contribution in [-0.4, -0.2) is 68.5 Å². The van der Waals surface area contributed by atoms with Gasteiger partial charge < -0.3 is 24.3 Å². The van der Waals surface area contributed by atoms with Crippen molar-refractivity contribution in [3.05, 3.63) is 60.1 Å². The molecule has 2 aromatic rings. The largest absolute Gasteiger partial charge is 0.494 e. The number of carbonyl (C=O) groups is 1. The highest BCUT2D eigenvalue weighted by Gasteiger charge is 2.17. The lowest BCUT2D eigenvalue weighted by Crippen LogP contribution is -2.44. The number of amides is 1. The Bertz CT molecular complexity index is 886. The molecule has 0 bridgehead atoms. The number of hydrogen-bond acceptors (Lipinski definition) is 4. The lowest BCUT2D eigenvalue weighted by molar-refractivity contribution is -0.127. The van der Waals surface area contributed by atoms with Crippen LogP contribution in [0, 0.1) is 0 Å². The summed E-state index contributed by atoms with van der Waals surface area (Å²) in [6.07, 6.45) is 5.58. The number of carbonyl (C=O) groups excluding carboxylic acids is 1. The van der Waals surface area contributed by atoms with E-state index in [9.17, 15) is 4.79 Å². The summed E-state index contributed by atoms with van der Waals surface area (Å²) in [4.78, 5) is 20.4. The van der Waals surface area contributed by atoms with E-state index in [0.29, 0.717) is 13.2 Å². The zero-order valence-electron chi connectivity index (χ0n) is 18.6. The first-order valence-electron chi connectivity index (χ1n) is 10.7. The molecule has 0 unspecified atom stereocenters. The van der Waals surface area contributed by atoms with E-state index >= 15 is 0 Å². The maximum atomic E-state index is 12.0. The number of ether oxygens (including phenoxy) is 1. The lowest BCUT2D eigenvalue weighted by atomic mass is 9.99. The van der Waals surface area contributed by atoms with E-state index in [2.05, 4.69) is 33.4 Å². The number of hydrogen-bond donors (Lipinski definition) is 1. The molecule has 166 valence electrons. The predicted octanol–water partition coefficient (Wildman–Crippen LogP) is 3.04. The number of furan rings is 1. The molecule has 7 nitrogen and oxygen atoms in total. The quantitative estimate of drug-likeness (QED) is 0.521. The van der Waals surface area contributed by atoms with E-state index in [1.54, 1.807) is 25.3 Å². The second kappa shape index (κ2) is 11.2. The van der Waals surface area contributed by atoms with Crippen molar-refractivity contribution < 1.29 is 13.9 Å². The summed E-state index contributed by atoms with van der Waals surface area (Å²) < 4.78 is 10.9. The van der Waals surface area contributed by atoms with Crippen molar-refractivity contribution in [2.24, 2.45) is 4.99 Å². The second-order valence-corrected chi connectivity index (χ2v) is 7.57. The summed E-state index contributed by atoms with van der Waals surface area (Å²) in [5, 5.41) is 3.40. The third-order valence-corrected chi connectivity index (χ3v) is 5.14. The van der Waals surface area contributed by atoms with Gasteiger partial charge in [0.2, 0.25) is 5.91 Å². The second-order valence-electron chi connectivity index (χ2n) is 7.57. The number of nitrogens with one attached hydrogen (secondary N) is 1. The normalized spacial score (nSPS) is 14.2. The van der Waals surface area contributed by atoms with Crippen LogP contribution >= 0.6 is 0 Å². The Hall–Kier alpha value is -3.22. The fourth-order valence-electron chi connectivity index (χ4n) is 3.36. The van der Waals surface area contributed by atoms with E-state index in [4.69, 9.17) is 9.15 Å². The first kappa shape index (κ1) is 22.5. The zero-order chi connectivity index (χ0) is 22.1. The summed E-state index contributed by atoms with van der Waals surface area (Å²) >= 11 is 0. The summed E-state index contributed by atoms with van der Waals surface area (Å²) in [6, 6.07) is 12.1. The molecule has 0 radical (unpaired) electrons. The third kappa shape index (κ3) is 6.64. The van der Waals surface area contributed by atoms with Gasteiger partial charge in [0.25, 0.3) is 0 Å². The van der Waals surface area contributed by atoms with E-state index in [1.807, 2.05) is 31.2 Å². The Balaban J connectivity index is 1.64. The summed E-state index contributed by atoms with van der Waals surface area (Å²) in [5.74, 6) is 2.55. The van der Waals surface area contributed by atoms with Crippen LogP contribution in [0.2, 0.25) is 0 Å². The molecule has 7 heteroatoms. The lowest BCUT2D eigenvalue weighted by Gasteiger charge is -2.30. The van der Waals surface area contributed by atoms with Gasteiger partial charge in [-0.25, -0.2) is 4.99 Å². The van der Waals surface area contributed by atoms with Crippen molar-refractivity contribution in [3.63, 3.8) is 0 Å². The standard InChI is InChI=1S/C24H32N4O3/c1-4-30-22-9-7-19(8-10-22)20-12-15-28(16-13-20)24(26-18-23(29)27(2)3)25-14-11-21-6-5-17-31-21/h5-10,12,17H,4,11,13-16,18H2,1-3H3,(H,25,26). The Labute approximate surface area is 184 Å². The molecular weight excluding hydrogens is 392 g/mol. The van der Waals surface area contributed by atoms with Crippen molar-refractivity contribution in [1.82, 2.24) is 15.1 Å². The molecule has 0 saturated heterocycles. The smallest absolute Gasteiger partial charge is 0.243 e. The molecule has 0 fully saturated rings. The summed E-state index contributed by atoms with van der Waals surface area (Å²) in [5.41, 5.74) is 2.54. The minimum Gasteiger partial charge on any atom is -0.494 e. The molecular formula is C24H32N4O3. The molecule has 2 heterocycles. The summed E-state index contributed by atoms with van der Waals surface area (Å²) in [6.45, 7) is 5.05. The Morgan fingerprint density at radius 1 is 1.26 bits per heavy atom. The third-order valence-electron chi connectivity index (χ3n) is 5.14.